The van der Waals surface area contributed by atoms with Crippen LogP contribution >= 0.6 is 0 Å². The molecule has 2 heterocycles. The van der Waals surface area contributed by atoms with Crippen molar-refractivity contribution in [3.8, 4) is 44.5 Å². The smallest absolute Gasteiger partial charge is 0.143 e. The normalized spacial score (nSPS) is 11.6. The van der Waals surface area contributed by atoms with Crippen LogP contribution < -0.4 is 0 Å². The minimum atomic E-state index is 0.874. The molecular weight excluding hydrogens is 536 g/mol. The van der Waals surface area contributed by atoms with Crippen LogP contribution in [0.3, 0.4) is 0 Å². The third-order valence-corrected chi connectivity index (χ3v) is 8.69. The molecule has 0 saturated heterocycles. The Balaban J connectivity index is 1.20. The molecule has 0 saturated carbocycles. The van der Waals surface area contributed by atoms with Crippen LogP contribution in [-0.4, -0.2) is 0 Å². The van der Waals surface area contributed by atoms with E-state index in [1.54, 1.807) is 0 Å². The molecule has 0 atom stereocenters. The molecule has 2 aromatic heterocycles. The third-order valence-electron chi connectivity index (χ3n) is 8.69. The van der Waals surface area contributed by atoms with Crippen molar-refractivity contribution < 1.29 is 8.83 Å². The minimum Gasteiger partial charge on any atom is -0.456 e. The second-order valence-electron chi connectivity index (χ2n) is 11.3. The molecule has 0 unspecified atom stereocenters. The van der Waals surface area contributed by atoms with Gasteiger partial charge in [0.2, 0.25) is 0 Å². The van der Waals surface area contributed by atoms with Gasteiger partial charge >= 0.3 is 0 Å². The Hall–Kier alpha value is -5.86. The molecule has 9 aromatic rings. The fourth-order valence-electron chi connectivity index (χ4n) is 6.47. The van der Waals surface area contributed by atoms with Gasteiger partial charge in [-0.15, -0.1) is 0 Å². The summed E-state index contributed by atoms with van der Waals surface area (Å²) in [5.74, 6) is 0. The molecule has 0 aliphatic heterocycles. The van der Waals surface area contributed by atoms with E-state index in [0.29, 0.717) is 0 Å². The summed E-state index contributed by atoms with van der Waals surface area (Å²) in [6.45, 7) is 0. The summed E-state index contributed by atoms with van der Waals surface area (Å²) in [4.78, 5) is 0. The average molecular weight is 563 g/mol. The lowest BCUT2D eigenvalue weighted by molar-refractivity contribution is 0.668. The molecule has 0 amide bonds. The van der Waals surface area contributed by atoms with Gasteiger partial charge in [0.25, 0.3) is 0 Å². The summed E-state index contributed by atoms with van der Waals surface area (Å²) in [5, 5.41) is 4.47. The van der Waals surface area contributed by atoms with Crippen LogP contribution in [0.2, 0.25) is 0 Å². The van der Waals surface area contributed by atoms with Gasteiger partial charge in [-0.25, -0.2) is 0 Å². The standard InChI is InChI=1S/C42H26O2/c1-2-9-27(10-3-1)28-17-19-29(20-18-28)30-11-8-12-31(23-30)33-24-37(42-38(25-33)35-14-5-7-16-40(35)44-42)32-21-22-36-34-13-4-6-15-39(34)43-41(36)26-32/h1-26H. The molecule has 2 heteroatoms. The van der Waals surface area contributed by atoms with Crippen molar-refractivity contribution in [3.63, 3.8) is 0 Å². The molecule has 0 spiro atoms. The number of hydrogen-bond donors (Lipinski definition) is 0. The van der Waals surface area contributed by atoms with Gasteiger partial charge in [-0.1, -0.05) is 115 Å². The first-order valence-corrected chi connectivity index (χ1v) is 14.9. The van der Waals surface area contributed by atoms with E-state index in [-0.39, 0.29) is 0 Å². The molecule has 9 rings (SSSR count). The zero-order valence-electron chi connectivity index (χ0n) is 23.8. The molecule has 44 heavy (non-hydrogen) atoms. The summed E-state index contributed by atoms with van der Waals surface area (Å²) in [5.41, 5.74) is 12.8. The van der Waals surface area contributed by atoms with Crippen LogP contribution in [0.1, 0.15) is 0 Å². The number of para-hydroxylation sites is 2. The number of furan rings is 2. The molecule has 2 nitrogen and oxygen atoms in total. The topological polar surface area (TPSA) is 26.3 Å². The van der Waals surface area contributed by atoms with E-state index in [0.717, 1.165) is 66.1 Å². The zero-order valence-corrected chi connectivity index (χ0v) is 23.8. The van der Waals surface area contributed by atoms with Gasteiger partial charge in [-0.05, 0) is 81.4 Å². The van der Waals surface area contributed by atoms with Gasteiger partial charge < -0.3 is 8.83 Å². The summed E-state index contributed by atoms with van der Waals surface area (Å²) >= 11 is 0. The maximum absolute atomic E-state index is 6.51. The summed E-state index contributed by atoms with van der Waals surface area (Å²) in [6.07, 6.45) is 0. The van der Waals surface area contributed by atoms with Crippen LogP contribution in [0.25, 0.3) is 88.4 Å². The van der Waals surface area contributed by atoms with Crippen molar-refractivity contribution in [2.75, 3.05) is 0 Å². The number of benzene rings is 7. The second kappa shape index (κ2) is 9.86. The maximum Gasteiger partial charge on any atom is 0.143 e. The molecule has 206 valence electrons. The highest BCUT2D eigenvalue weighted by molar-refractivity contribution is 6.12. The first-order chi connectivity index (χ1) is 21.8. The highest BCUT2D eigenvalue weighted by atomic mass is 16.3. The van der Waals surface area contributed by atoms with Gasteiger partial charge in [0.05, 0.1) is 0 Å². The van der Waals surface area contributed by atoms with Crippen molar-refractivity contribution in [1.82, 2.24) is 0 Å². The molecule has 0 aliphatic rings. The second-order valence-corrected chi connectivity index (χ2v) is 11.3. The predicted molar refractivity (Wildman–Crippen MR) is 183 cm³/mol. The van der Waals surface area contributed by atoms with Crippen molar-refractivity contribution in [2.24, 2.45) is 0 Å². The lowest BCUT2D eigenvalue weighted by Crippen LogP contribution is -1.86. The Bertz CT molecular complexity index is 2480. The van der Waals surface area contributed by atoms with Crippen molar-refractivity contribution in [3.05, 3.63) is 158 Å². The first kappa shape index (κ1) is 24.7. The number of rotatable bonds is 4. The largest absolute Gasteiger partial charge is 0.456 e. The highest BCUT2D eigenvalue weighted by Gasteiger charge is 2.17. The fraction of sp³-hybridized carbons (Fsp3) is 0. The molecule has 7 aromatic carbocycles. The van der Waals surface area contributed by atoms with Crippen molar-refractivity contribution in [2.45, 2.75) is 0 Å². The molecule has 0 aliphatic carbocycles. The fourth-order valence-corrected chi connectivity index (χ4v) is 6.47. The predicted octanol–water partition coefficient (Wildman–Crippen LogP) is 12.2. The van der Waals surface area contributed by atoms with E-state index in [9.17, 15) is 0 Å². The van der Waals surface area contributed by atoms with E-state index < -0.39 is 0 Å². The van der Waals surface area contributed by atoms with Crippen LogP contribution in [-0.2, 0) is 0 Å². The molecule has 0 radical (unpaired) electrons. The summed E-state index contributed by atoms with van der Waals surface area (Å²) < 4.78 is 12.8. The van der Waals surface area contributed by atoms with Crippen LogP contribution in [0.5, 0.6) is 0 Å². The quantitative estimate of drug-likeness (QED) is 0.213. The Morgan fingerprint density at radius 1 is 0.273 bits per heavy atom. The van der Waals surface area contributed by atoms with Crippen LogP contribution in [0.4, 0.5) is 0 Å². The molecule has 0 fully saturated rings. The highest BCUT2D eigenvalue weighted by Crippen LogP contribution is 2.41. The summed E-state index contributed by atoms with van der Waals surface area (Å²) in [6, 6.07) is 55.6. The van der Waals surface area contributed by atoms with E-state index in [1.165, 1.54) is 22.3 Å². The van der Waals surface area contributed by atoms with Crippen LogP contribution in [0, 0.1) is 0 Å². The lowest BCUT2D eigenvalue weighted by atomic mass is 9.93. The minimum absolute atomic E-state index is 0.874. The number of hydrogen-bond acceptors (Lipinski definition) is 2. The zero-order chi connectivity index (χ0) is 29.0. The summed E-state index contributed by atoms with van der Waals surface area (Å²) in [7, 11) is 0. The van der Waals surface area contributed by atoms with Gasteiger partial charge in [-0.2, -0.15) is 0 Å². The van der Waals surface area contributed by atoms with Gasteiger partial charge in [0.15, 0.2) is 0 Å². The molecule has 0 N–H and O–H groups in total. The SMILES string of the molecule is c1ccc(-c2ccc(-c3cccc(-c4cc(-c5ccc6c(c5)oc5ccccc56)c5oc6ccccc6c5c4)c3)cc2)cc1. The van der Waals surface area contributed by atoms with E-state index in [2.05, 4.69) is 133 Å². The Morgan fingerprint density at radius 2 is 0.818 bits per heavy atom. The Labute approximate surface area is 254 Å². The van der Waals surface area contributed by atoms with E-state index in [4.69, 9.17) is 8.83 Å². The lowest BCUT2D eigenvalue weighted by Gasteiger charge is -2.10. The third kappa shape index (κ3) is 4.04. The first-order valence-electron chi connectivity index (χ1n) is 14.9. The average Bonchev–Trinajstić information content (AvgIpc) is 3.66. The molecular formula is C42H26O2. The van der Waals surface area contributed by atoms with Crippen molar-refractivity contribution in [1.29, 1.82) is 0 Å². The van der Waals surface area contributed by atoms with E-state index >= 15 is 0 Å². The monoisotopic (exact) mass is 562 g/mol. The van der Waals surface area contributed by atoms with Crippen molar-refractivity contribution >= 4 is 43.9 Å². The Kier molecular flexibility index (Phi) is 5.54. The maximum atomic E-state index is 6.51. The van der Waals surface area contributed by atoms with Gasteiger partial charge in [-0.3, -0.25) is 0 Å². The van der Waals surface area contributed by atoms with Gasteiger partial charge in [0, 0.05) is 27.1 Å². The van der Waals surface area contributed by atoms with E-state index in [1.807, 2.05) is 24.3 Å². The van der Waals surface area contributed by atoms with Crippen LogP contribution in [0.15, 0.2) is 167 Å². The molecule has 0 bridgehead atoms. The number of fused-ring (bicyclic) bond motifs is 6. The Morgan fingerprint density at radius 3 is 1.59 bits per heavy atom. The van der Waals surface area contributed by atoms with Gasteiger partial charge in [0.1, 0.15) is 22.3 Å².